The molecule has 0 bridgehead atoms. The second-order valence-electron chi connectivity index (χ2n) is 4.43. The lowest BCUT2D eigenvalue weighted by Gasteiger charge is -2.14. The third-order valence-corrected chi connectivity index (χ3v) is 2.72. The minimum Gasteiger partial charge on any atom is -0.406 e. The number of aliphatic hydroxyl groups excluding tert-OH is 1. The largest absolute Gasteiger partial charge is 0.573 e. The van der Waals surface area contributed by atoms with Crippen molar-refractivity contribution in [1.82, 2.24) is 4.90 Å². The van der Waals surface area contributed by atoms with Gasteiger partial charge in [0, 0.05) is 23.9 Å². The summed E-state index contributed by atoms with van der Waals surface area (Å²) in [7, 11) is 0. The maximum absolute atomic E-state index is 13.3. The van der Waals surface area contributed by atoms with Gasteiger partial charge in [0.05, 0.1) is 13.2 Å². The number of aliphatic hydroxyl groups is 1. The molecular formula is C13H10F4N2O4. The molecule has 0 atom stereocenters. The number of halogens is 4. The first-order valence-corrected chi connectivity index (χ1v) is 6.21. The highest BCUT2D eigenvalue weighted by Crippen LogP contribution is 2.27. The van der Waals surface area contributed by atoms with Crippen molar-refractivity contribution in [2.75, 3.05) is 18.5 Å². The molecule has 1 aromatic rings. The average Bonchev–Trinajstić information content (AvgIpc) is 2.64. The highest BCUT2D eigenvalue weighted by molar-refractivity contribution is 6.17. The molecule has 1 aromatic carbocycles. The van der Waals surface area contributed by atoms with Crippen molar-refractivity contribution in [3.05, 3.63) is 35.8 Å². The molecule has 0 spiro atoms. The van der Waals surface area contributed by atoms with Crippen molar-refractivity contribution in [1.29, 1.82) is 0 Å². The minimum atomic E-state index is -5.00. The van der Waals surface area contributed by atoms with Gasteiger partial charge >= 0.3 is 6.36 Å². The van der Waals surface area contributed by atoms with Gasteiger partial charge in [0.25, 0.3) is 11.8 Å². The van der Waals surface area contributed by atoms with Crippen molar-refractivity contribution in [2.24, 2.45) is 0 Å². The van der Waals surface area contributed by atoms with Gasteiger partial charge in [-0.25, -0.2) is 4.39 Å². The summed E-state index contributed by atoms with van der Waals surface area (Å²) in [6, 6.07) is 2.17. The molecule has 23 heavy (non-hydrogen) atoms. The quantitative estimate of drug-likeness (QED) is 0.628. The normalized spacial score (nSPS) is 15.0. The van der Waals surface area contributed by atoms with Crippen LogP contribution in [0, 0.1) is 5.82 Å². The number of alkyl halides is 3. The van der Waals surface area contributed by atoms with Crippen LogP contribution in [0.3, 0.4) is 0 Å². The highest BCUT2D eigenvalue weighted by Gasteiger charge is 2.32. The van der Waals surface area contributed by atoms with Crippen LogP contribution in [0.1, 0.15) is 0 Å². The Morgan fingerprint density at radius 3 is 2.52 bits per heavy atom. The lowest BCUT2D eigenvalue weighted by atomic mass is 10.2. The predicted molar refractivity (Wildman–Crippen MR) is 68.6 cm³/mol. The molecule has 0 saturated heterocycles. The summed E-state index contributed by atoms with van der Waals surface area (Å²) in [5.74, 6) is -3.33. The summed E-state index contributed by atoms with van der Waals surface area (Å²) in [6.07, 6.45) is -4.10. The fourth-order valence-electron chi connectivity index (χ4n) is 1.89. The number of β-amino-alcohol motifs (C(OH)–C–C–N with tert-alkyl or cyclic N) is 1. The third-order valence-electron chi connectivity index (χ3n) is 2.72. The standard InChI is InChI=1S/C13H10F4N2O4/c14-7-3-8(5-9(4-7)23-13(15,16)17)18-10-6-11(21)19(1-2-20)12(10)22/h3-6,18,20H,1-2H2. The molecule has 6 nitrogen and oxygen atoms in total. The molecule has 2 amide bonds. The monoisotopic (exact) mass is 334 g/mol. The molecule has 0 unspecified atom stereocenters. The van der Waals surface area contributed by atoms with Gasteiger partial charge in [-0.15, -0.1) is 13.2 Å². The number of amides is 2. The van der Waals surface area contributed by atoms with E-state index >= 15 is 0 Å². The number of nitrogens with zero attached hydrogens (tertiary/aromatic N) is 1. The van der Waals surface area contributed by atoms with Crippen molar-refractivity contribution >= 4 is 17.5 Å². The Bertz CT molecular complexity index is 672. The SMILES string of the molecule is O=C1C=C(Nc2cc(F)cc(OC(F)(F)F)c2)C(=O)N1CCO. The first-order chi connectivity index (χ1) is 10.7. The van der Waals surface area contributed by atoms with Gasteiger partial charge in [0.1, 0.15) is 17.3 Å². The summed E-state index contributed by atoms with van der Waals surface area (Å²) in [5, 5.41) is 11.1. The molecule has 1 aliphatic heterocycles. The maximum Gasteiger partial charge on any atom is 0.573 e. The smallest absolute Gasteiger partial charge is 0.406 e. The molecular weight excluding hydrogens is 324 g/mol. The molecule has 0 radical (unpaired) electrons. The summed E-state index contributed by atoms with van der Waals surface area (Å²) < 4.78 is 53.4. The van der Waals surface area contributed by atoms with Crippen LogP contribution < -0.4 is 10.1 Å². The number of hydrogen-bond acceptors (Lipinski definition) is 5. The number of ether oxygens (including phenoxy) is 1. The van der Waals surface area contributed by atoms with Crippen molar-refractivity contribution in [3.63, 3.8) is 0 Å². The van der Waals surface area contributed by atoms with Gasteiger partial charge in [0.15, 0.2) is 0 Å². The number of carbonyl (C=O) groups is 2. The van der Waals surface area contributed by atoms with Crippen LogP contribution in [0.5, 0.6) is 5.75 Å². The number of imide groups is 1. The summed E-state index contributed by atoms with van der Waals surface area (Å²) in [6.45, 7) is -0.674. The van der Waals surface area contributed by atoms with Crippen LogP contribution >= 0.6 is 0 Å². The highest BCUT2D eigenvalue weighted by atomic mass is 19.4. The van der Waals surface area contributed by atoms with E-state index in [-0.39, 0.29) is 17.9 Å². The van der Waals surface area contributed by atoms with E-state index in [2.05, 4.69) is 10.1 Å². The Kier molecular flexibility index (Phi) is 4.55. The van der Waals surface area contributed by atoms with Gasteiger partial charge in [-0.3, -0.25) is 14.5 Å². The van der Waals surface area contributed by atoms with Crippen LogP contribution in [0.2, 0.25) is 0 Å². The fraction of sp³-hybridized carbons (Fsp3) is 0.231. The molecule has 0 aliphatic carbocycles. The molecule has 2 rings (SSSR count). The topological polar surface area (TPSA) is 78.9 Å². The van der Waals surface area contributed by atoms with E-state index in [1.54, 1.807) is 0 Å². The third kappa shape index (κ3) is 4.19. The molecule has 1 aliphatic rings. The lowest BCUT2D eigenvalue weighted by molar-refractivity contribution is -0.274. The summed E-state index contributed by atoms with van der Waals surface area (Å²) in [4.78, 5) is 24.1. The Labute approximate surface area is 126 Å². The van der Waals surface area contributed by atoms with Crippen LogP contribution in [-0.4, -0.2) is 41.3 Å². The van der Waals surface area contributed by atoms with Gasteiger partial charge in [-0.05, 0) is 6.07 Å². The zero-order chi connectivity index (χ0) is 17.2. The van der Waals surface area contributed by atoms with Gasteiger partial charge in [-0.1, -0.05) is 0 Å². The van der Waals surface area contributed by atoms with E-state index in [0.717, 1.165) is 23.1 Å². The van der Waals surface area contributed by atoms with Crippen LogP contribution in [0.25, 0.3) is 0 Å². The fourth-order valence-corrected chi connectivity index (χ4v) is 1.89. The number of rotatable bonds is 5. The second kappa shape index (κ2) is 6.24. The zero-order valence-corrected chi connectivity index (χ0v) is 11.4. The van der Waals surface area contributed by atoms with Gasteiger partial charge in [-0.2, -0.15) is 0 Å². The molecule has 2 N–H and O–H groups in total. The van der Waals surface area contributed by atoms with Gasteiger partial charge in [0.2, 0.25) is 0 Å². The molecule has 0 saturated carbocycles. The van der Waals surface area contributed by atoms with Crippen molar-refractivity contribution < 1.29 is 37.0 Å². The van der Waals surface area contributed by atoms with E-state index in [1.165, 1.54) is 0 Å². The molecule has 0 fully saturated rings. The minimum absolute atomic E-state index is 0.206. The number of nitrogens with one attached hydrogen (secondary N) is 1. The number of anilines is 1. The van der Waals surface area contributed by atoms with E-state index < -0.39 is 36.4 Å². The Balaban J connectivity index is 2.19. The average molecular weight is 334 g/mol. The van der Waals surface area contributed by atoms with Crippen LogP contribution in [-0.2, 0) is 9.59 Å². The first-order valence-electron chi connectivity index (χ1n) is 6.21. The molecule has 0 aromatic heterocycles. The zero-order valence-electron chi connectivity index (χ0n) is 11.4. The Morgan fingerprint density at radius 1 is 1.22 bits per heavy atom. The maximum atomic E-state index is 13.3. The summed E-state index contributed by atoms with van der Waals surface area (Å²) >= 11 is 0. The lowest BCUT2D eigenvalue weighted by Crippen LogP contribution is -2.34. The Hall–Kier alpha value is -2.62. The summed E-state index contributed by atoms with van der Waals surface area (Å²) in [5.41, 5.74) is -0.463. The molecule has 124 valence electrons. The van der Waals surface area contributed by atoms with E-state index in [4.69, 9.17) is 5.11 Å². The van der Waals surface area contributed by atoms with Crippen molar-refractivity contribution in [3.8, 4) is 5.75 Å². The number of carbonyl (C=O) groups excluding carboxylic acids is 2. The Morgan fingerprint density at radius 2 is 1.91 bits per heavy atom. The van der Waals surface area contributed by atoms with E-state index in [1.807, 2.05) is 0 Å². The van der Waals surface area contributed by atoms with E-state index in [9.17, 15) is 27.2 Å². The number of hydrogen-bond donors (Lipinski definition) is 2. The second-order valence-corrected chi connectivity index (χ2v) is 4.43. The van der Waals surface area contributed by atoms with Crippen LogP contribution in [0.4, 0.5) is 23.2 Å². The van der Waals surface area contributed by atoms with Gasteiger partial charge < -0.3 is 15.2 Å². The van der Waals surface area contributed by atoms with E-state index in [0.29, 0.717) is 6.07 Å². The first kappa shape index (κ1) is 16.7. The molecule has 1 heterocycles. The molecule has 10 heteroatoms. The van der Waals surface area contributed by atoms with Crippen LogP contribution in [0.15, 0.2) is 30.0 Å². The van der Waals surface area contributed by atoms with Crippen molar-refractivity contribution in [2.45, 2.75) is 6.36 Å². The predicted octanol–water partition coefficient (Wildman–Crippen LogP) is 1.38. The number of benzene rings is 1.